The zero-order chi connectivity index (χ0) is 16.8. The first-order chi connectivity index (χ1) is 11.6. The zero-order valence-corrected chi connectivity index (χ0v) is 14.2. The van der Waals surface area contributed by atoms with Crippen LogP contribution in [0.25, 0.3) is 16.3 Å². The van der Waals surface area contributed by atoms with Gasteiger partial charge in [-0.15, -0.1) is 0 Å². The molecule has 4 rings (SSSR count). The van der Waals surface area contributed by atoms with Gasteiger partial charge in [-0.25, -0.2) is 0 Å². The molecule has 2 aliphatic heterocycles. The predicted molar refractivity (Wildman–Crippen MR) is 96.7 cm³/mol. The Labute approximate surface area is 142 Å². The highest BCUT2D eigenvalue weighted by molar-refractivity contribution is 6.05. The van der Waals surface area contributed by atoms with E-state index in [0.29, 0.717) is 12.5 Å². The summed E-state index contributed by atoms with van der Waals surface area (Å²) in [6.07, 6.45) is 1.62. The van der Waals surface area contributed by atoms with E-state index in [0.717, 1.165) is 29.6 Å². The van der Waals surface area contributed by atoms with Crippen LogP contribution in [0.3, 0.4) is 0 Å². The first kappa shape index (κ1) is 15.6. The summed E-state index contributed by atoms with van der Waals surface area (Å²) in [5.41, 5.74) is 3.09. The number of hydrogen-bond donors (Lipinski definition) is 1. The van der Waals surface area contributed by atoms with E-state index < -0.39 is 6.10 Å². The van der Waals surface area contributed by atoms with Crippen LogP contribution in [-0.2, 0) is 4.79 Å². The molecule has 0 aliphatic carbocycles. The second-order valence-electron chi connectivity index (χ2n) is 7.00. The van der Waals surface area contributed by atoms with Gasteiger partial charge in [-0.3, -0.25) is 9.69 Å². The van der Waals surface area contributed by atoms with Crippen LogP contribution in [-0.4, -0.2) is 41.0 Å². The summed E-state index contributed by atoms with van der Waals surface area (Å²) in [6.45, 7) is 1.90. The number of hydrogen-bond acceptors (Lipinski definition) is 3. The number of rotatable bonds is 3. The molecule has 0 saturated carbocycles. The quantitative estimate of drug-likeness (QED) is 0.942. The number of benzene rings is 2. The van der Waals surface area contributed by atoms with Crippen molar-refractivity contribution in [1.82, 2.24) is 4.90 Å². The largest absolute Gasteiger partial charge is 0.391 e. The van der Waals surface area contributed by atoms with E-state index in [4.69, 9.17) is 0 Å². The standard InChI is InChI=1S/C21H23NO2/c1-3-18(23)20-17(11-16-12-19(24)21(20)22(16)2)15-9-8-13-6-4-5-7-14(13)10-15/h4-10,16,19,21,24H,3,11-12H2,1-2H3/t16?,19?,21-/m1/s1. The minimum Gasteiger partial charge on any atom is -0.391 e. The van der Waals surface area contributed by atoms with Crippen LogP contribution in [0.5, 0.6) is 0 Å². The van der Waals surface area contributed by atoms with Crippen molar-refractivity contribution in [2.24, 2.45) is 0 Å². The van der Waals surface area contributed by atoms with Gasteiger partial charge in [-0.1, -0.05) is 43.3 Å². The number of Topliss-reactive ketones (excluding diaryl/α,β-unsaturated/α-hetero) is 1. The lowest BCUT2D eigenvalue weighted by Gasteiger charge is -2.35. The lowest BCUT2D eigenvalue weighted by Crippen LogP contribution is -2.43. The topological polar surface area (TPSA) is 40.5 Å². The third-order valence-corrected chi connectivity index (χ3v) is 5.67. The lowest BCUT2D eigenvalue weighted by atomic mass is 9.85. The molecule has 2 heterocycles. The molecular formula is C21H23NO2. The number of fused-ring (bicyclic) bond motifs is 3. The Morgan fingerprint density at radius 3 is 2.71 bits per heavy atom. The molecule has 3 nitrogen and oxygen atoms in total. The number of nitrogens with zero attached hydrogens (tertiary/aromatic N) is 1. The number of ketones is 1. The van der Waals surface area contributed by atoms with Gasteiger partial charge in [0.1, 0.15) is 0 Å². The second kappa shape index (κ2) is 5.83. The molecule has 2 bridgehead atoms. The smallest absolute Gasteiger partial charge is 0.160 e. The van der Waals surface area contributed by atoms with Crippen molar-refractivity contribution in [2.75, 3.05) is 7.05 Å². The summed E-state index contributed by atoms with van der Waals surface area (Å²) in [7, 11) is 2.03. The van der Waals surface area contributed by atoms with Gasteiger partial charge in [0.15, 0.2) is 5.78 Å². The molecule has 124 valence electrons. The highest BCUT2D eigenvalue weighted by Gasteiger charge is 2.46. The first-order valence-electron chi connectivity index (χ1n) is 8.75. The van der Waals surface area contributed by atoms with E-state index in [-0.39, 0.29) is 11.8 Å². The monoisotopic (exact) mass is 321 g/mol. The maximum absolute atomic E-state index is 12.7. The molecule has 2 aliphatic rings. The number of likely N-dealkylation sites (N-methyl/N-ethyl adjacent to an activating group) is 1. The Morgan fingerprint density at radius 2 is 1.96 bits per heavy atom. The van der Waals surface area contributed by atoms with Gasteiger partial charge in [0.05, 0.1) is 12.1 Å². The molecule has 0 aromatic heterocycles. The Bertz CT molecular complexity index is 839. The van der Waals surface area contributed by atoms with E-state index in [1.165, 1.54) is 10.8 Å². The maximum atomic E-state index is 12.7. The Balaban J connectivity index is 1.90. The summed E-state index contributed by atoms with van der Waals surface area (Å²) < 4.78 is 0. The van der Waals surface area contributed by atoms with Crippen molar-refractivity contribution < 1.29 is 9.90 Å². The molecule has 3 atom stereocenters. The molecule has 1 N–H and O–H groups in total. The van der Waals surface area contributed by atoms with E-state index >= 15 is 0 Å². The van der Waals surface area contributed by atoms with Gasteiger partial charge in [0.25, 0.3) is 0 Å². The van der Waals surface area contributed by atoms with Crippen LogP contribution in [0.15, 0.2) is 48.0 Å². The van der Waals surface area contributed by atoms with E-state index in [2.05, 4.69) is 35.2 Å². The minimum atomic E-state index is -0.441. The van der Waals surface area contributed by atoms with Gasteiger partial charge < -0.3 is 5.11 Å². The van der Waals surface area contributed by atoms with Crippen molar-refractivity contribution in [1.29, 1.82) is 0 Å². The summed E-state index contributed by atoms with van der Waals surface area (Å²) in [5.74, 6) is 0.161. The molecule has 0 radical (unpaired) electrons. The summed E-state index contributed by atoms with van der Waals surface area (Å²) in [4.78, 5) is 14.9. The Kier molecular flexibility index (Phi) is 3.78. The molecule has 2 aromatic carbocycles. The molecule has 0 spiro atoms. The van der Waals surface area contributed by atoms with Crippen LogP contribution in [0.4, 0.5) is 0 Å². The van der Waals surface area contributed by atoms with Crippen molar-refractivity contribution in [2.45, 2.75) is 44.4 Å². The molecule has 1 fully saturated rings. The summed E-state index contributed by atoms with van der Waals surface area (Å²) >= 11 is 0. The van der Waals surface area contributed by atoms with E-state index in [9.17, 15) is 9.90 Å². The average Bonchev–Trinajstić information content (AvgIpc) is 2.79. The third-order valence-electron chi connectivity index (χ3n) is 5.67. The van der Waals surface area contributed by atoms with Crippen molar-refractivity contribution >= 4 is 22.1 Å². The van der Waals surface area contributed by atoms with Gasteiger partial charge in [-0.2, -0.15) is 0 Å². The number of aliphatic hydroxyl groups is 1. The molecule has 24 heavy (non-hydrogen) atoms. The van der Waals surface area contributed by atoms with Crippen LogP contribution < -0.4 is 0 Å². The fourth-order valence-electron chi connectivity index (χ4n) is 4.39. The highest BCUT2D eigenvalue weighted by Crippen LogP contribution is 2.43. The molecule has 2 aromatic rings. The summed E-state index contributed by atoms with van der Waals surface area (Å²) in [5, 5.41) is 12.9. The van der Waals surface area contributed by atoms with Crippen molar-refractivity contribution in [3.05, 3.63) is 53.6 Å². The first-order valence-corrected chi connectivity index (χ1v) is 8.75. The van der Waals surface area contributed by atoms with Crippen molar-refractivity contribution in [3.8, 4) is 0 Å². The van der Waals surface area contributed by atoms with Crippen LogP contribution in [0.2, 0.25) is 0 Å². The third kappa shape index (κ3) is 2.31. The Morgan fingerprint density at radius 1 is 1.21 bits per heavy atom. The minimum absolute atomic E-state index is 0.155. The molecule has 0 amide bonds. The van der Waals surface area contributed by atoms with Gasteiger partial charge in [0, 0.05) is 18.0 Å². The van der Waals surface area contributed by atoms with Crippen LogP contribution in [0.1, 0.15) is 31.7 Å². The fourth-order valence-corrected chi connectivity index (χ4v) is 4.39. The van der Waals surface area contributed by atoms with Gasteiger partial charge in [-0.05, 0) is 47.9 Å². The molecule has 2 unspecified atom stereocenters. The molecule has 1 saturated heterocycles. The number of carbonyl (C=O) groups excluding carboxylic acids is 1. The van der Waals surface area contributed by atoms with E-state index in [1.54, 1.807) is 0 Å². The predicted octanol–water partition coefficient (Wildman–Crippen LogP) is 3.41. The van der Waals surface area contributed by atoms with Gasteiger partial charge in [0.2, 0.25) is 0 Å². The van der Waals surface area contributed by atoms with Gasteiger partial charge >= 0.3 is 0 Å². The molecular weight excluding hydrogens is 298 g/mol. The lowest BCUT2D eigenvalue weighted by molar-refractivity contribution is -0.116. The van der Waals surface area contributed by atoms with E-state index in [1.807, 2.05) is 26.1 Å². The highest BCUT2D eigenvalue weighted by atomic mass is 16.3. The second-order valence-corrected chi connectivity index (χ2v) is 7.00. The van der Waals surface area contributed by atoms with Crippen molar-refractivity contribution in [3.63, 3.8) is 0 Å². The van der Waals surface area contributed by atoms with Crippen LogP contribution in [0, 0.1) is 0 Å². The Hall–Kier alpha value is -1.97. The maximum Gasteiger partial charge on any atom is 0.160 e. The summed E-state index contributed by atoms with van der Waals surface area (Å²) in [6, 6.07) is 14.9. The number of aliphatic hydroxyl groups excluding tert-OH is 1. The average molecular weight is 321 g/mol. The molecule has 3 heteroatoms. The number of carbonyl (C=O) groups is 1. The SMILES string of the molecule is CCC(=O)C1=C(c2ccc3ccccc3c2)CC2CC(O)[C@H]1N2C. The zero-order valence-electron chi connectivity index (χ0n) is 14.2. The normalized spacial score (nSPS) is 27.0. The fraction of sp³-hybridized carbons (Fsp3) is 0.381. The van der Waals surface area contributed by atoms with Crippen LogP contribution >= 0.6 is 0 Å².